The maximum absolute atomic E-state index is 12.1. The molecule has 0 atom stereocenters. The van der Waals surface area contributed by atoms with Crippen molar-refractivity contribution < 1.29 is 22.7 Å². The molecule has 1 amide bonds. The van der Waals surface area contributed by atoms with E-state index >= 15 is 0 Å². The Morgan fingerprint density at radius 2 is 2.00 bits per heavy atom. The molecular weight excluding hydrogens is 353 g/mol. The number of alkyl halides is 3. The summed E-state index contributed by atoms with van der Waals surface area (Å²) < 4.78 is 40.8. The van der Waals surface area contributed by atoms with Crippen LogP contribution in [0, 0.1) is 0 Å². The molecule has 0 saturated heterocycles. The maximum atomic E-state index is 12.1. The third kappa shape index (κ3) is 4.75. The van der Waals surface area contributed by atoms with Crippen LogP contribution >= 0.6 is 15.9 Å². The number of anilines is 1. The molecule has 0 aliphatic heterocycles. The van der Waals surface area contributed by atoms with Crippen LogP contribution in [0.5, 0.6) is 5.75 Å². The van der Waals surface area contributed by atoms with Gasteiger partial charge in [-0.3, -0.25) is 4.79 Å². The topological polar surface area (TPSA) is 51.2 Å². The van der Waals surface area contributed by atoms with Gasteiger partial charge in [-0.15, -0.1) is 13.2 Å². The number of benzene rings is 1. The first-order valence-electron chi connectivity index (χ1n) is 5.62. The number of nitrogens with zero attached hydrogens (tertiary/aromatic N) is 1. The largest absolute Gasteiger partial charge is 0.573 e. The fourth-order valence-corrected chi connectivity index (χ4v) is 1.71. The molecule has 1 aromatic carbocycles. The summed E-state index contributed by atoms with van der Waals surface area (Å²) in [5, 5.41) is 2.44. The lowest BCUT2D eigenvalue weighted by molar-refractivity contribution is -0.274. The Labute approximate surface area is 126 Å². The summed E-state index contributed by atoms with van der Waals surface area (Å²) in [6.07, 6.45) is -3.34. The van der Waals surface area contributed by atoms with Gasteiger partial charge in [0, 0.05) is 22.4 Å². The molecule has 2 rings (SSSR count). The molecule has 4 nitrogen and oxygen atoms in total. The quantitative estimate of drug-likeness (QED) is 0.899. The average molecular weight is 361 g/mol. The molecule has 1 N–H and O–H groups in total. The minimum absolute atomic E-state index is 0.139. The van der Waals surface area contributed by atoms with E-state index in [1.165, 1.54) is 24.4 Å². The second-order valence-corrected chi connectivity index (χ2v) is 4.81. The van der Waals surface area contributed by atoms with Crippen molar-refractivity contribution in [2.24, 2.45) is 0 Å². The van der Waals surface area contributed by atoms with Gasteiger partial charge in [0.15, 0.2) is 0 Å². The Bertz CT molecular complexity index is 645. The van der Waals surface area contributed by atoms with Crippen LogP contribution in [0.4, 0.5) is 18.9 Å². The van der Waals surface area contributed by atoms with Gasteiger partial charge in [0.2, 0.25) is 0 Å². The lowest BCUT2D eigenvalue weighted by Crippen LogP contribution is -2.17. The Balaban J connectivity index is 2.10. The lowest BCUT2D eigenvalue weighted by Gasteiger charge is -2.10. The number of ether oxygens (including phenoxy) is 1. The number of carbonyl (C=O) groups excluding carboxylic acids is 1. The number of nitrogens with one attached hydrogen (secondary N) is 1. The van der Waals surface area contributed by atoms with Crippen molar-refractivity contribution in [3.05, 3.63) is 52.8 Å². The SMILES string of the molecule is O=C(Nc1cccc(OC(F)(F)F)c1)c1ccc(Br)cn1. The maximum Gasteiger partial charge on any atom is 0.573 e. The van der Waals surface area contributed by atoms with Gasteiger partial charge in [-0.2, -0.15) is 0 Å². The average Bonchev–Trinajstić information content (AvgIpc) is 2.37. The molecule has 0 bridgehead atoms. The van der Waals surface area contributed by atoms with Gasteiger partial charge in [0.25, 0.3) is 5.91 Å². The van der Waals surface area contributed by atoms with Crippen molar-refractivity contribution >= 4 is 27.5 Å². The minimum Gasteiger partial charge on any atom is -0.406 e. The summed E-state index contributed by atoms with van der Waals surface area (Å²) in [4.78, 5) is 15.8. The number of hydrogen-bond acceptors (Lipinski definition) is 3. The Morgan fingerprint density at radius 3 is 2.62 bits per heavy atom. The highest BCUT2D eigenvalue weighted by molar-refractivity contribution is 9.10. The van der Waals surface area contributed by atoms with Crippen molar-refractivity contribution in [2.45, 2.75) is 6.36 Å². The van der Waals surface area contributed by atoms with Crippen LogP contribution in [0.3, 0.4) is 0 Å². The van der Waals surface area contributed by atoms with Crippen molar-refractivity contribution in [2.75, 3.05) is 5.32 Å². The molecule has 0 aliphatic rings. The number of pyridine rings is 1. The number of amides is 1. The second kappa shape index (κ2) is 6.13. The molecule has 1 aromatic heterocycles. The minimum atomic E-state index is -4.78. The zero-order valence-electron chi connectivity index (χ0n) is 10.3. The molecule has 0 saturated carbocycles. The van der Waals surface area contributed by atoms with Gasteiger partial charge in [-0.05, 0) is 40.2 Å². The molecule has 0 unspecified atom stereocenters. The van der Waals surface area contributed by atoms with Gasteiger partial charge < -0.3 is 10.1 Å². The smallest absolute Gasteiger partial charge is 0.406 e. The zero-order chi connectivity index (χ0) is 15.5. The highest BCUT2D eigenvalue weighted by atomic mass is 79.9. The highest BCUT2D eigenvalue weighted by Gasteiger charge is 2.31. The predicted octanol–water partition coefficient (Wildman–Crippen LogP) is 4.00. The van der Waals surface area contributed by atoms with E-state index in [4.69, 9.17) is 0 Å². The molecule has 1 heterocycles. The molecule has 21 heavy (non-hydrogen) atoms. The Kier molecular flexibility index (Phi) is 4.46. The highest BCUT2D eigenvalue weighted by Crippen LogP contribution is 2.25. The summed E-state index contributed by atoms with van der Waals surface area (Å²) in [7, 11) is 0. The Hall–Kier alpha value is -2.09. The molecular formula is C13H8BrF3N2O2. The molecule has 0 fully saturated rings. The van der Waals surface area contributed by atoms with E-state index in [9.17, 15) is 18.0 Å². The third-order valence-corrected chi connectivity index (χ3v) is 2.75. The second-order valence-electron chi connectivity index (χ2n) is 3.89. The summed E-state index contributed by atoms with van der Waals surface area (Å²) in [5.41, 5.74) is 0.312. The monoisotopic (exact) mass is 360 g/mol. The van der Waals surface area contributed by atoms with Crippen LogP contribution in [-0.4, -0.2) is 17.3 Å². The van der Waals surface area contributed by atoms with Crippen molar-refractivity contribution in [3.63, 3.8) is 0 Å². The van der Waals surface area contributed by atoms with Crippen LogP contribution in [-0.2, 0) is 0 Å². The number of hydrogen-bond donors (Lipinski definition) is 1. The number of rotatable bonds is 3. The van der Waals surface area contributed by atoms with Crippen molar-refractivity contribution in [1.29, 1.82) is 0 Å². The summed E-state index contributed by atoms with van der Waals surface area (Å²) in [5.74, 6) is -0.948. The summed E-state index contributed by atoms with van der Waals surface area (Å²) >= 11 is 3.18. The molecule has 0 aliphatic carbocycles. The predicted molar refractivity (Wildman–Crippen MR) is 73.0 cm³/mol. The molecule has 0 radical (unpaired) electrons. The molecule has 8 heteroatoms. The first kappa shape index (κ1) is 15.3. The molecule has 0 spiro atoms. The first-order chi connectivity index (χ1) is 9.83. The third-order valence-electron chi connectivity index (χ3n) is 2.29. The van der Waals surface area contributed by atoms with E-state index in [0.717, 1.165) is 12.1 Å². The van der Waals surface area contributed by atoms with Crippen LogP contribution < -0.4 is 10.1 Å². The van der Waals surface area contributed by atoms with E-state index in [1.54, 1.807) is 6.07 Å². The van der Waals surface area contributed by atoms with Gasteiger partial charge in [-0.1, -0.05) is 6.07 Å². The van der Waals surface area contributed by atoms with Crippen molar-refractivity contribution in [1.82, 2.24) is 4.98 Å². The van der Waals surface area contributed by atoms with Gasteiger partial charge in [0.1, 0.15) is 11.4 Å². The van der Waals surface area contributed by atoms with E-state index < -0.39 is 18.0 Å². The van der Waals surface area contributed by atoms with E-state index in [1.807, 2.05) is 0 Å². The molecule has 110 valence electrons. The number of halogens is 4. The van der Waals surface area contributed by atoms with Crippen LogP contribution in [0.2, 0.25) is 0 Å². The van der Waals surface area contributed by atoms with Gasteiger partial charge in [0.05, 0.1) is 0 Å². The number of carbonyl (C=O) groups is 1. The normalized spacial score (nSPS) is 11.0. The molecule has 2 aromatic rings. The van der Waals surface area contributed by atoms with E-state index in [2.05, 4.69) is 31.0 Å². The standard InChI is InChI=1S/C13H8BrF3N2O2/c14-8-4-5-11(18-7-8)12(20)19-9-2-1-3-10(6-9)21-13(15,16)17/h1-7H,(H,19,20). The Morgan fingerprint density at radius 1 is 1.24 bits per heavy atom. The summed E-state index contributed by atoms with van der Waals surface area (Å²) in [6.45, 7) is 0. The lowest BCUT2D eigenvalue weighted by atomic mass is 10.3. The first-order valence-corrected chi connectivity index (χ1v) is 6.41. The number of aromatic nitrogens is 1. The van der Waals surface area contributed by atoms with Gasteiger partial charge >= 0.3 is 6.36 Å². The fourth-order valence-electron chi connectivity index (χ4n) is 1.48. The van der Waals surface area contributed by atoms with E-state index in [0.29, 0.717) is 4.47 Å². The summed E-state index contributed by atoms with van der Waals surface area (Å²) in [6, 6.07) is 8.11. The van der Waals surface area contributed by atoms with E-state index in [-0.39, 0.29) is 11.4 Å². The van der Waals surface area contributed by atoms with Gasteiger partial charge in [-0.25, -0.2) is 4.98 Å². The van der Waals surface area contributed by atoms with Crippen LogP contribution in [0.25, 0.3) is 0 Å². The van der Waals surface area contributed by atoms with Crippen LogP contribution in [0.15, 0.2) is 47.1 Å². The zero-order valence-corrected chi connectivity index (χ0v) is 11.9. The fraction of sp³-hybridized carbons (Fsp3) is 0.0769. The van der Waals surface area contributed by atoms with Crippen molar-refractivity contribution in [3.8, 4) is 5.75 Å². The van der Waals surface area contributed by atoms with Crippen LogP contribution in [0.1, 0.15) is 10.5 Å².